The van der Waals surface area contributed by atoms with Gasteiger partial charge in [-0.05, 0) is 25.0 Å². The molecule has 0 spiro atoms. The van der Waals surface area contributed by atoms with Crippen molar-refractivity contribution in [3.05, 3.63) is 29.3 Å². The molecule has 0 aromatic heterocycles. The summed E-state index contributed by atoms with van der Waals surface area (Å²) in [5.74, 6) is -2.31. The van der Waals surface area contributed by atoms with Gasteiger partial charge in [-0.1, -0.05) is 0 Å². The second-order valence-corrected chi connectivity index (χ2v) is 4.40. The fourth-order valence-corrected chi connectivity index (χ4v) is 2.08. The fourth-order valence-electron chi connectivity index (χ4n) is 2.08. The van der Waals surface area contributed by atoms with Crippen LogP contribution in [0.2, 0.25) is 0 Å². The van der Waals surface area contributed by atoms with Gasteiger partial charge >= 0.3 is 0 Å². The summed E-state index contributed by atoms with van der Waals surface area (Å²) in [6, 6.07) is 1.66. The summed E-state index contributed by atoms with van der Waals surface area (Å²) in [5, 5.41) is 9.47. The monoisotopic (exact) mass is 256 g/mol. The third-order valence-corrected chi connectivity index (χ3v) is 2.98. The van der Waals surface area contributed by atoms with Gasteiger partial charge < -0.3 is 15.7 Å². The van der Waals surface area contributed by atoms with Crippen molar-refractivity contribution in [2.24, 2.45) is 0 Å². The van der Waals surface area contributed by atoms with Crippen molar-refractivity contribution in [1.82, 2.24) is 4.90 Å². The van der Waals surface area contributed by atoms with Gasteiger partial charge in [0.25, 0.3) is 5.91 Å². The van der Waals surface area contributed by atoms with Gasteiger partial charge in [0.15, 0.2) is 5.82 Å². The lowest BCUT2D eigenvalue weighted by molar-refractivity contribution is 0.0469. The van der Waals surface area contributed by atoms with Gasteiger partial charge in [-0.25, -0.2) is 8.78 Å². The fraction of sp³-hybridized carbons (Fsp3) is 0.417. The molecule has 6 heteroatoms. The van der Waals surface area contributed by atoms with E-state index in [4.69, 9.17) is 5.73 Å². The van der Waals surface area contributed by atoms with Crippen molar-refractivity contribution < 1.29 is 18.7 Å². The standard InChI is InChI=1S/C12H14F2N2O2/c13-7-4-9(11(14)10(15)5-7)12(18)16-3-1-2-8(17)6-16/h4-5,8,17H,1-3,6,15H2. The largest absolute Gasteiger partial charge is 0.396 e. The Morgan fingerprint density at radius 3 is 2.83 bits per heavy atom. The van der Waals surface area contributed by atoms with Crippen molar-refractivity contribution in [2.75, 3.05) is 18.8 Å². The quantitative estimate of drug-likeness (QED) is 0.740. The summed E-state index contributed by atoms with van der Waals surface area (Å²) in [6.45, 7) is 0.556. The molecular weight excluding hydrogens is 242 g/mol. The zero-order valence-electron chi connectivity index (χ0n) is 9.70. The van der Waals surface area contributed by atoms with Gasteiger partial charge in [-0.3, -0.25) is 4.79 Å². The first-order chi connectivity index (χ1) is 8.49. The van der Waals surface area contributed by atoms with E-state index in [1.54, 1.807) is 0 Å². The van der Waals surface area contributed by atoms with Crippen LogP contribution in [0.15, 0.2) is 12.1 Å². The number of hydrogen-bond acceptors (Lipinski definition) is 3. The molecule has 1 unspecified atom stereocenters. The van der Waals surface area contributed by atoms with Gasteiger partial charge in [0, 0.05) is 13.1 Å². The summed E-state index contributed by atoms with van der Waals surface area (Å²) in [6.07, 6.45) is 0.633. The highest BCUT2D eigenvalue weighted by Crippen LogP contribution is 2.21. The number of piperidine rings is 1. The van der Waals surface area contributed by atoms with E-state index >= 15 is 0 Å². The van der Waals surface area contributed by atoms with Crippen LogP contribution in [-0.4, -0.2) is 35.1 Å². The molecule has 1 fully saturated rings. The Hall–Kier alpha value is -1.69. The number of benzene rings is 1. The molecule has 0 saturated carbocycles. The molecule has 1 aromatic rings. The number of β-amino-alcohol motifs (C(OH)–C–C–N with tert-alkyl or cyclic N) is 1. The smallest absolute Gasteiger partial charge is 0.257 e. The number of aliphatic hydroxyl groups excluding tert-OH is 1. The summed E-state index contributed by atoms with van der Waals surface area (Å²) < 4.78 is 26.8. The van der Waals surface area contributed by atoms with Crippen LogP contribution in [0.3, 0.4) is 0 Å². The minimum atomic E-state index is -0.915. The van der Waals surface area contributed by atoms with Crippen LogP contribution in [0.4, 0.5) is 14.5 Å². The van der Waals surface area contributed by atoms with E-state index in [9.17, 15) is 18.7 Å². The van der Waals surface area contributed by atoms with Crippen molar-refractivity contribution in [2.45, 2.75) is 18.9 Å². The number of hydrogen-bond donors (Lipinski definition) is 2. The molecule has 0 bridgehead atoms. The van der Waals surface area contributed by atoms with Gasteiger partial charge in [0.2, 0.25) is 0 Å². The number of nitrogens with two attached hydrogens (primary N) is 1. The SMILES string of the molecule is Nc1cc(F)cc(C(=O)N2CCCC(O)C2)c1F. The average molecular weight is 256 g/mol. The summed E-state index contributed by atoms with van der Waals surface area (Å²) >= 11 is 0. The molecular formula is C12H14F2N2O2. The number of nitrogens with zero attached hydrogens (tertiary/aromatic N) is 1. The number of carbonyl (C=O) groups is 1. The van der Waals surface area contributed by atoms with Crippen LogP contribution in [-0.2, 0) is 0 Å². The molecule has 1 atom stereocenters. The number of rotatable bonds is 1. The highest BCUT2D eigenvalue weighted by molar-refractivity contribution is 5.95. The van der Waals surface area contributed by atoms with Gasteiger partial charge in [-0.15, -0.1) is 0 Å². The van der Waals surface area contributed by atoms with E-state index in [1.807, 2.05) is 0 Å². The molecule has 1 aliphatic heterocycles. The zero-order valence-corrected chi connectivity index (χ0v) is 9.70. The van der Waals surface area contributed by atoms with Crippen molar-refractivity contribution >= 4 is 11.6 Å². The third kappa shape index (κ3) is 2.43. The van der Waals surface area contributed by atoms with E-state index in [2.05, 4.69) is 0 Å². The van der Waals surface area contributed by atoms with Crippen LogP contribution < -0.4 is 5.73 Å². The third-order valence-electron chi connectivity index (χ3n) is 2.98. The Kier molecular flexibility index (Phi) is 3.47. The molecule has 1 amide bonds. The number of likely N-dealkylation sites (tertiary alicyclic amines) is 1. The van der Waals surface area contributed by atoms with Crippen LogP contribution in [0, 0.1) is 11.6 Å². The maximum Gasteiger partial charge on any atom is 0.257 e. The van der Waals surface area contributed by atoms with Crippen molar-refractivity contribution in [3.8, 4) is 0 Å². The van der Waals surface area contributed by atoms with E-state index in [0.29, 0.717) is 19.4 Å². The minimum absolute atomic E-state index is 0.134. The topological polar surface area (TPSA) is 66.6 Å². The number of carbonyl (C=O) groups excluding carboxylic acids is 1. The number of anilines is 1. The van der Waals surface area contributed by atoms with Gasteiger partial charge in [-0.2, -0.15) is 0 Å². The zero-order chi connectivity index (χ0) is 13.3. The molecule has 0 radical (unpaired) electrons. The molecule has 1 aliphatic rings. The Morgan fingerprint density at radius 1 is 1.44 bits per heavy atom. The predicted octanol–water partition coefficient (Wildman–Crippen LogP) is 1.14. The summed E-state index contributed by atoms with van der Waals surface area (Å²) in [5.41, 5.74) is 4.50. The predicted molar refractivity (Wildman–Crippen MR) is 61.9 cm³/mol. The Labute approximate surface area is 103 Å². The van der Waals surface area contributed by atoms with E-state index < -0.39 is 29.3 Å². The molecule has 1 saturated heterocycles. The second-order valence-electron chi connectivity index (χ2n) is 4.40. The first kappa shape index (κ1) is 12.8. The molecule has 2 rings (SSSR count). The van der Waals surface area contributed by atoms with Crippen molar-refractivity contribution in [1.29, 1.82) is 0 Å². The molecule has 98 valence electrons. The second kappa shape index (κ2) is 4.89. The highest BCUT2D eigenvalue weighted by atomic mass is 19.1. The van der Waals surface area contributed by atoms with Crippen LogP contribution >= 0.6 is 0 Å². The molecule has 3 N–H and O–H groups in total. The van der Waals surface area contributed by atoms with Crippen molar-refractivity contribution in [3.63, 3.8) is 0 Å². The first-order valence-electron chi connectivity index (χ1n) is 5.71. The lowest BCUT2D eigenvalue weighted by Gasteiger charge is -2.30. The van der Waals surface area contributed by atoms with Gasteiger partial charge in [0.1, 0.15) is 5.82 Å². The first-order valence-corrected chi connectivity index (χ1v) is 5.71. The molecule has 18 heavy (non-hydrogen) atoms. The molecule has 1 aromatic carbocycles. The maximum atomic E-state index is 13.7. The molecule has 1 heterocycles. The van der Waals surface area contributed by atoms with Crippen LogP contribution in [0.25, 0.3) is 0 Å². The number of amides is 1. The van der Waals surface area contributed by atoms with Gasteiger partial charge in [0.05, 0.1) is 17.4 Å². The minimum Gasteiger partial charge on any atom is -0.396 e. The normalized spacial score (nSPS) is 19.9. The Morgan fingerprint density at radius 2 is 2.17 bits per heavy atom. The summed E-state index contributed by atoms with van der Waals surface area (Å²) in [7, 11) is 0. The number of nitrogen functional groups attached to an aromatic ring is 1. The maximum absolute atomic E-state index is 13.7. The molecule has 4 nitrogen and oxygen atoms in total. The number of halogens is 2. The molecule has 0 aliphatic carbocycles. The highest BCUT2D eigenvalue weighted by Gasteiger charge is 2.26. The lowest BCUT2D eigenvalue weighted by atomic mass is 10.1. The lowest BCUT2D eigenvalue weighted by Crippen LogP contribution is -2.42. The van der Waals surface area contributed by atoms with Crippen LogP contribution in [0.5, 0.6) is 0 Å². The van der Waals surface area contributed by atoms with E-state index in [-0.39, 0.29) is 12.1 Å². The number of aliphatic hydroxyl groups is 1. The Balaban J connectivity index is 2.28. The Bertz CT molecular complexity index is 479. The van der Waals surface area contributed by atoms with Crippen LogP contribution in [0.1, 0.15) is 23.2 Å². The van der Waals surface area contributed by atoms with E-state index in [1.165, 1.54) is 4.90 Å². The summed E-state index contributed by atoms with van der Waals surface area (Å²) in [4.78, 5) is 13.3. The van der Waals surface area contributed by atoms with E-state index in [0.717, 1.165) is 12.1 Å². The average Bonchev–Trinajstić information content (AvgIpc) is 2.33.